The Hall–Kier alpha value is -4.21. The Kier molecular flexibility index (Phi) is 8.96. The quantitative estimate of drug-likeness (QED) is 0.285. The van der Waals surface area contributed by atoms with Crippen molar-refractivity contribution in [2.75, 3.05) is 6.54 Å². The average Bonchev–Trinajstić information content (AvgIpc) is 3.34. The number of aliphatic hydroxyl groups excluding tert-OH is 2. The summed E-state index contributed by atoms with van der Waals surface area (Å²) in [6.07, 6.45) is -2.44. The number of likely N-dealkylation sites (tertiary alicyclic amines) is 1. The van der Waals surface area contributed by atoms with Crippen molar-refractivity contribution in [1.29, 1.82) is 0 Å². The fourth-order valence-corrected chi connectivity index (χ4v) is 4.78. The van der Waals surface area contributed by atoms with Crippen LogP contribution in [0.3, 0.4) is 0 Å². The highest BCUT2D eigenvalue weighted by molar-refractivity contribution is 5.97. The standard InChI is InChI=1S/C30H33N3O6/c1-19-23(13-8-14-26(19)35)28(37)32-24(15-20-9-4-2-5-10-20)27(36)30(39)33-18-22(34)16-25(33)29(38)31-17-21-11-6-3-7-12-21/h2-14,22,24-25,27,34-36H,15-18H2,1H3,(H,31,38)(H,32,37). The summed E-state index contributed by atoms with van der Waals surface area (Å²) in [7, 11) is 0. The van der Waals surface area contributed by atoms with Crippen LogP contribution in [0.2, 0.25) is 0 Å². The highest BCUT2D eigenvalue weighted by atomic mass is 16.3. The first-order valence-corrected chi connectivity index (χ1v) is 12.9. The Morgan fingerprint density at radius 3 is 2.26 bits per heavy atom. The zero-order chi connectivity index (χ0) is 27.9. The third kappa shape index (κ3) is 6.81. The summed E-state index contributed by atoms with van der Waals surface area (Å²) in [5, 5.41) is 37.1. The molecule has 4 atom stereocenters. The number of phenolic OH excluding ortho intramolecular Hbond substituents is 1. The van der Waals surface area contributed by atoms with E-state index in [1.807, 2.05) is 60.7 Å². The molecule has 1 aliphatic rings. The molecular weight excluding hydrogens is 498 g/mol. The van der Waals surface area contributed by atoms with E-state index in [4.69, 9.17) is 0 Å². The van der Waals surface area contributed by atoms with E-state index < -0.39 is 42.0 Å². The first-order chi connectivity index (χ1) is 18.7. The Morgan fingerprint density at radius 1 is 0.949 bits per heavy atom. The van der Waals surface area contributed by atoms with Crippen LogP contribution in [0.25, 0.3) is 0 Å². The van der Waals surface area contributed by atoms with E-state index in [-0.39, 0.29) is 37.2 Å². The van der Waals surface area contributed by atoms with Gasteiger partial charge in [0.05, 0.1) is 12.1 Å². The van der Waals surface area contributed by atoms with Crippen LogP contribution < -0.4 is 10.6 Å². The van der Waals surface area contributed by atoms with Crippen LogP contribution in [0.15, 0.2) is 78.9 Å². The van der Waals surface area contributed by atoms with Gasteiger partial charge in [-0.15, -0.1) is 0 Å². The molecule has 0 spiro atoms. The number of aromatic hydroxyl groups is 1. The van der Waals surface area contributed by atoms with Gasteiger partial charge in [-0.1, -0.05) is 66.7 Å². The zero-order valence-corrected chi connectivity index (χ0v) is 21.7. The van der Waals surface area contributed by atoms with Gasteiger partial charge in [-0.3, -0.25) is 14.4 Å². The van der Waals surface area contributed by atoms with Crippen LogP contribution in [0.5, 0.6) is 5.75 Å². The summed E-state index contributed by atoms with van der Waals surface area (Å²) in [4.78, 5) is 40.9. The van der Waals surface area contributed by atoms with Gasteiger partial charge in [0.2, 0.25) is 5.91 Å². The predicted octanol–water partition coefficient (Wildman–Crippen LogP) is 1.68. The molecule has 3 aromatic carbocycles. The van der Waals surface area contributed by atoms with Crippen LogP contribution in [-0.2, 0) is 22.6 Å². The molecular formula is C30H33N3O6. The number of benzene rings is 3. The van der Waals surface area contributed by atoms with Gasteiger partial charge in [0, 0.05) is 30.6 Å². The van der Waals surface area contributed by atoms with E-state index in [9.17, 15) is 29.7 Å². The minimum Gasteiger partial charge on any atom is -0.508 e. The number of nitrogens with zero attached hydrogens (tertiary/aromatic N) is 1. The Balaban J connectivity index is 1.52. The summed E-state index contributed by atoms with van der Waals surface area (Å²) in [5.74, 6) is -1.81. The van der Waals surface area contributed by atoms with Crippen molar-refractivity contribution < 1.29 is 29.7 Å². The molecule has 3 aromatic rings. The third-order valence-electron chi connectivity index (χ3n) is 6.97. The molecule has 0 saturated carbocycles. The number of carbonyl (C=O) groups excluding carboxylic acids is 3. The molecule has 4 rings (SSSR count). The van der Waals surface area contributed by atoms with Crippen molar-refractivity contribution in [3.05, 3.63) is 101 Å². The summed E-state index contributed by atoms with van der Waals surface area (Å²) >= 11 is 0. The molecule has 1 saturated heterocycles. The maximum atomic E-state index is 13.5. The van der Waals surface area contributed by atoms with Gasteiger partial charge in [-0.05, 0) is 36.6 Å². The predicted molar refractivity (Wildman–Crippen MR) is 145 cm³/mol. The Labute approximate surface area is 227 Å². The molecule has 0 aromatic heterocycles. The number of phenols is 1. The second-order valence-electron chi connectivity index (χ2n) is 9.76. The van der Waals surface area contributed by atoms with E-state index in [2.05, 4.69) is 10.6 Å². The second kappa shape index (κ2) is 12.6. The van der Waals surface area contributed by atoms with Crippen LogP contribution in [0.1, 0.15) is 33.5 Å². The summed E-state index contributed by atoms with van der Waals surface area (Å²) in [6, 6.07) is 20.9. The van der Waals surface area contributed by atoms with Gasteiger partial charge < -0.3 is 30.9 Å². The van der Waals surface area contributed by atoms with Gasteiger partial charge >= 0.3 is 0 Å². The van der Waals surface area contributed by atoms with Gasteiger partial charge in [-0.25, -0.2) is 0 Å². The number of amides is 3. The molecule has 1 heterocycles. The highest BCUT2D eigenvalue weighted by Gasteiger charge is 2.42. The number of nitrogens with one attached hydrogen (secondary N) is 2. The van der Waals surface area contributed by atoms with Crippen molar-refractivity contribution in [3.8, 4) is 5.75 Å². The number of hydrogen-bond acceptors (Lipinski definition) is 6. The van der Waals surface area contributed by atoms with Crippen LogP contribution in [0, 0.1) is 6.92 Å². The molecule has 3 amide bonds. The lowest BCUT2D eigenvalue weighted by molar-refractivity contribution is -0.146. The lowest BCUT2D eigenvalue weighted by Crippen LogP contribution is -2.55. The molecule has 0 radical (unpaired) electrons. The van der Waals surface area contributed by atoms with E-state index in [0.717, 1.165) is 11.1 Å². The van der Waals surface area contributed by atoms with E-state index in [1.54, 1.807) is 13.0 Å². The zero-order valence-electron chi connectivity index (χ0n) is 21.7. The van der Waals surface area contributed by atoms with Crippen molar-refractivity contribution in [3.63, 3.8) is 0 Å². The van der Waals surface area contributed by atoms with Crippen molar-refractivity contribution in [1.82, 2.24) is 15.5 Å². The lowest BCUT2D eigenvalue weighted by Gasteiger charge is -2.30. The molecule has 9 nitrogen and oxygen atoms in total. The lowest BCUT2D eigenvalue weighted by atomic mass is 9.98. The van der Waals surface area contributed by atoms with Crippen molar-refractivity contribution in [2.45, 2.75) is 50.6 Å². The second-order valence-corrected chi connectivity index (χ2v) is 9.76. The Bertz CT molecular complexity index is 1300. The van der Waals surface area contributed by atoms with Crippen molar-refractivity contribution in [2.24, 2.45) is 0 Å². The van der Waals surface area contributed by atoms with E-state index >= 15 is 0 Å². The van der Waals surface area contributed by atoms with Crippen LogP contribution in [-0.4, -0.2) is 68.8 Å². The maximum Gasteiger partial charge on any atom is 0.254 e. The molecule has 1 aliphatic heterocycles. The van der Waals surface area contributed by atoms with E-state index in [0.29, 0.717) is 5.56 Å². The molecule has 204 valence electrons. The minimum atomic E-state index is -1.69. The largest absolute Gasteiger partial charge is 0.508 e. The van der Waals surface area contributed by atoms with Crippen molar-refractivity contribution >= 4 is 17.7 Å². The third-order valence-corrected chi connectivity index (χ3v) is 6.97. The normalized spacial score (nSPS) is 18.3. The van der Waals surface area contributed by atoms with Crippen LogP contribution >= 0.6 is 0 Å². The van der Waals surface area contributed by atoms with Crippen LogP contribution in [0.4, 0.5) is 0 Å². The minimum absolute atomic E-state index is 0.0390. The fourth-order valence-electron chi connectivity index (χ4n) is 4.78. The molecule has 0 bridgehead atoms. The molecule has 9 heteroatoms. The number of hydrogen-bond donors (Lipinski definition) is 5. The number of carbonyl (C=O) groups is 3. The van der Waals surface area contributed by atoms with E-state index in [1.165, 1.54) is 17.0 Å². The average molecular weight is 532 g/mol. The molecule has 4 unspecified atom stereocenters. The summed E-state index contributed by atoms with van der Waals surface area (Å²) < 4.78 is 0. The Morgan fingerprint density at radius 2 is 1.59 bits per heavy atom. The van der Waals surface area contributed by atoms with Gasteiger partial charge in [0.1, 0.15) is 11.8 Å². The maximum absolute atomic E-state index is 13.5. The smallest absolute Gasteiger partial charge is 0.254 e. The number of aliphatic hydroxyl groups is 2. The molecule has 5 N–H and O–H groups in total. The first kappa shape index (κ1) is 27.8. The number of rotatable bonds is 9. The van der Waals surface area contributed by atoms with Gasteiger partial charge in [0.25, 0.3) is 11.8 Å². The molecule has 1 fully saturated rings. The topological polar surface area (TPSA) is 139 Å². The summed E-state index contributed by atoms with van der Waals surface area (Å²) in [6.45, 7) is 1.74. The fraction of sp³-hybridized carbons (Fsp3) is 0.300. The van der Waals surface area contributed by atoms with Gasteiger partial charge in [0.15, 0.2) is 6.10 Å². The van der Waals surface area contributed by atoms with Gasteiger partial charge in [-0.2, -0.15) is 0 Å². The first-order valence-electron chi connectivity index (χ1n) is 12.9. The monoisotopic (exact) mass is 531 g/mol. The summed E-state index contributed by atoms with van der Waals surface area (Å²) in [5.41, 5.74) is 2.24. The number of β-amino-alcohol motifs (C(OH)–C–C–N with tert-alkyl or cyclic N) is 1. The SMILES string of the molecule is Cc1c(O)cccc1C(=O)NC(Cc1ccccc1)C(O)C(=O)N1CC(O)CC1C(=O)NCc1ccccc1. The molecule has 39 heavy (non-hydrogen) atoms. The molecule has 0 aliphatic carbocycles. The highest BCUT2D eigenvalue weighted by Crippen LogP contribution is 2.23.